The molecule has 0 saturated heterocycles. The highest BCUT2D eigenvalue weighted by Gasteiger charge is 2.41. The van der Waals surface area contributed by atoms with E-state index in [0.29, 0.717) is 40.7 Å². The average molecular weight is 493 g/mol. The molecule has 0 radical (unpaired) electrons. The summed E-state index contributed by atoms with van der Waals surface area (Å²) in [7, 11) is 0. The van der Waals surface area contributed by atoms with Gasteiger partial charge in [0.15, 0.2) is 5.17 Å². The predicted molar refractivity (Wildman–Crippen MR) is 134 cm³/mol. The topological polar surface area (TPSA) is 83.9 Å². The van der Waals surface area contributed by atoms with Gasteiger partial charge in [-0.2, -0.15) is 0 Å². The number of rotatable bonds is 9. The predicted octanol–water partition coefficient (Wildman–Crippen LogP) is 4.27. The molecule has 1 atom stereocenters. The first kappa shape index (κ1) is 24.4. The lowest BCUT2D eigenvalue weighted by Crippen LogP contribution is -2.38. The molecule has 0 saturated carbocycles. The Labute approximate surface area is 207 Å². The Kier molecular flexibility index (Phi) is 7.77. The number of esters is 1. The zero-order valence-electron chi connectivity index (χ0n) is 19.2. The van der Waals surface area contributed by atoms with Gasteiger partial charge in [0.25, 0.3) is 0 Å². The second-order valence-corrected chi connectivity index (χ2v) is 8.77. The molecule has 0 unspecified atom stereocenters. The molecule has 0 aliphatic carbocycles. The van der Waals surface area contributed by atoms with Crippen molar-refractivity contribution in [2.24, 2.45) is 4.99 Å². The number of carbonyl (C=O) groups excluding carboxylic acids is 2. The number of amides is 1. The van der Waals surface area contributed by atoms with E-state index in [1.165, 1.54) is 30.0 Å². The lowest BCUT2D eigenvalue weighted by molar-refractivity contribution is -0.138. The fourth-order valence-corrected chi connectivity index (χ4v) is 4.87. The van der Waals surface area contributed by atoms with Crippen LogP contribution in [0.15, 0.2) is 88.7 Å². The molecule has 180 valence electrons. The lowest BCUT2D eigenvalue weighted by Gasteiger charge is -2.36. The number of fused-ring (bicyclic) bond motifs is 1. The Bertz CT molecular complexity index is 1210. The second-order valence-electron chi connectivity index (χ2n) is 7.93. The quantitative estimate of drug-likeness (QED) is 0.416. The number of aliphatic imine (C=N–C) groups is 1. The fraction of sp³-hybridized carbons (Fsp3) is 0.231. The van der Waals surface area contributed by atoms with E-state index < -0.39 is 12.0 Å². The summed E-state index contributed by atoms with van der Waals surface area (Å²) in [5, 5.41) is 5.43. The Morgan fingerprint density at radius 2 is 2.06 bits per heavy atom. The van der Waals surface area contributed by atoms with Crippen molar-refractivity contribution in [2.45, 2.75) is 25.8 Å². The van der Waals surface area contributed by atoms with E-state index >= 15 is 0 Å². The van der Waals surface area contributed by atoms with Gasteiger partial charge in [-0.15, -0.1) is 0 Å². The van der Waals surface area contributed by atoms with Gasteiger partial charge in [0.2, 0.25) is 5.91 Å². The van der Waals surface area contributed by atoms with Gasteiger partial charge < -0.3 is 15.0 Å². The van der Waals surface area contributed by atoms with Crippen molar-refractivity contribution < 1.29 is 18.7 Å². The Morgan fingerprint density at radius 1 is 1.26 bits per heavy atom. The number of hydrogen-bond donors (Lipinski definition) is 1. The first-order chi connectivity index (χ1) is 17.0. The van der Waals surface area contributed by atoms with Crippen LogP contribution in [-0.4, -0.2) is 40.1 Å². The third kappa shape index (κ3) is 5.68. The molecule has 4 rings (SSSR count). The minimum Gasteiger partial charge on any atom is -0.458 e. The van der Waals surface area contributed by atoms with Gasteiger partial charge in [-0.3, -0.25) is 9.78 Å². The normalized spacial score (nSPS) is 16.9. The summed E-state index contributed by atoms with van der Waals surface area (Å²) in [6, 6.07) is 11.0. The molecule has 1 amide bonds. The molecular weight excluding hydrogens is 467 g/mol. The summed E-state index contributed by atoms with van der Waals surface area (Å²) in [4.78, 5) is 36.5. The van der Waals surface area contributed by atoms with Crippen molar-refractivity contribution in [3.8, 4) is 0 Å². The molecule has 2 aromatic rings. The van der Waals surface area contributed by atoms with Crippen molar-refractivity contribution in [3.63, 3.8) is 0 Å². The molecule has 9 heteroatoms. The number of benzene rings is 1. The minimum atomic E-state index is -0.608. The van der Waals surface area contributed by atoms with Gasteiger partial charge in [0.05, 0.1) is 23.7 Å². The van der Waals surface area contributed by atoms with Gasteiger partial charge >= 0.3 is 5.97 Å². The molecule has 1 aromatic carbocycles. The molecule has 2 aliphatic heterocycles. The zero-order chi connectivity index (χ0) is 24.8. The van der Waals surface area contributed by atoms with Crippen LogP contribution in [0.25, 0.3) is 0 Å². The fourth-order valence-electron chi connectivity index (χ4n) is 3.91. The summed E-state index contributed by atoms with van der Waals surface area (Å²) in [6.07, 6.45) is 3.93. The van der Waals surface area contributed by atoms with Crippen molar-refractivity contribution in [3.05, 3.63) is 101 Å². The van der Waals surface area contributed by atoms with Crippen molar-refractivity contribution >= 4 is 28.8 Å². The third-order valence-electron chi connectivity index (χ3n) is 5.51. The maximum atomic E-state index is 13.7. The highest BCUT2D eigenvalue weighted by Crippen LogP contribution is 2.44. The highest BCUT2D eigenvalue weighted by atomic mass is 32.2. The number of allylic oxidation sites excluding steroid dienone is 1. The van der Waals surface area contributed by atoms with Gasteiger partial charge in [0, 0.05) is 30.6 Å². The van der Waals surface area contributed by atoms with Gasteiger partial charge in [-0.05, 0) is 42.2 Å². The molecule has 35 heavy (non-hydrogen) atoms. The summed E-state index contributed by atoms with van der Waals surface area (Å²) in [6.45, 7) is 5.85. The van der Waals surface area contributed by atoms with Crippen LogP contribution in [0.3, 0.4) is 0 Å². The number of pyridine rings is 1. The first-order valence-electron chi connectivity index (χ1n) is 11.1. The molecule has 2 aliphatic rings. The second kappa shape index (κ2) is 11.1. The van der Waals surface area contributed by atoms with Crippen molar-refractivity contribution in [1.82, 2.24) is 15.2 Å². The standard InChI is InChI=1S/C26H25FN4O3S/c1-3-14-34-25(33)23-17(2)30-26-31(24(23)18-7-9-19(27)10-8-18)21(16-35-26)15-22(32)29-13-11-20-6-4-5-12-28-20/h3-10,12,16,24H,1,11,13-15H2,2H3,(H,29,32)/t24-/m1/s1. The highest BCUT2D eigenvalue weighted by molar-refractivity contribution is 8.16. The van der Waals surface area contributed by atoms with Crippen LogP contribution in [0.1, 0.15) is 30.6 Å². The number of thioether (sulfide) groups is 1. The zero-order valence-corrected chi connectivity index (χ0v) is 20.1. The van der Waals surface area contributed by atoms with Crippen LogP contribution in [0.4, 0.5) is 4.39 Å². The number of aromatic nitrogens is 1. The number of nitrogens with zero attached hydrogens (tertiary/aromatic N) is 3. The Morgan fingerprint density at radius 3 is 2.77 bits per heavy atom. The number of nitrogens with one attached hydrogen (secondary N) is 1. The van der Waals surface area contributed by atoms with E-state index in [9.17, 15) is 14.0 Å². The molecule has 0 spiro atoms. The van der Waals surface area contributed by atoms with Gasteiger partial charge in [0.1, 0.15) is 12.4 Å². The molecule has 1 aromatic heterocycles. The summed E-state index contributed by atoms with van der Waals surface area (Å²) in [5.74, 6) is -1.07. The van der Waals surface area contributed by atoms with Crippen LogP contribution >= 0.6 is 11.8 Å². The molecule has 1 N–H and O–H groups in total. The largest absolute Gasteiger partial charge is 0.458 e. The van der Waals surface area contributed by atoms with Crippen LogP contribution in [0.2, 0.25) is 0 Å². The molecule has 7 nitrogen and oxygen atoms in total. The number of hydrogen-bond acceptors (Lipinski definition) is 7. The van der Waals surface area contributed by atoms with Gasteiger partial charge in [-0.25, -0.2) is 14.2 Å². The SMILES string of the molecule is C=CCOC(=O)C1=C(C)N=C2SC=C(CC(=O)NCCc3ccccn3)N2[C@@H]1c1ccc(F)cc1. The van der Waals surface area contributed by atoms with Crippen LogP contribution in [-0.2, 0) is 20.7 Å². The lowest BCUT2D eigenvalue weighted by atomic mass is 9.94. The number of amidine groups is 1. The number of halogens is 1. The summed E-state index contributed by atoms with van der Waals surface area (Å²) >= 11 is 1.38. The van der Waals surface area contributed by atoms with Crippen molar-refractivity contribution in [2.75, 3.05) is 13.2 Å². The summed E-state index contributed by atoms with van der Waals surface area (Å²) < 4.78 is 19.0. The number of ether oxygens (including phenoxy) is 1. The molecule has 0 fully saturated rings. The maximum absolute atomic E-state index is 13.7. The van der Waals surface area contributed by atoms with E-state index in [-0.39, 0.29) is 24.8 Å². The Hall–Kier alpha value is -3.72. The van der Waals surface area contributed by atoms with E-state index in [0.717, 1.165) is 5.69 Å². The minimum absolute atomic E-state index is 0.0540. The van der Waals surface area contributed by atoms with E-state index in [1.807, 2.05) is 28.5 Å². The smallest absolute Gasteiger partial charge is 0.338 e. The van der Waals surface area contributed by atoms with Gasteiger partial charge in [-0.1, -0.05) is 42.6 Å². The average Bonchev–Trinajstić information content (AvgIpc) is 3.24. The molecule has 3 heterocycles. The first-order valence-corrected chi connectivity index (χ1v) is 12.0. The Balaban J connectivity index is 1.55. The third-order valence-corrected chi connectivity index (χ3v) is 6.40. The van der Waals surface area contributed by atoms with Crippen molar-refractivity contribution in [1.29, 1.82) is 0 Å². The van der Waals surface area contributed by atoms with Crippen LogP contribution in [0.5, 0.6) is 0 Å². The van der Waals surface area contributed by atoms with E-state index in [2.05, 4.69) is 21.9 Å². The monoisotopic (exact) mass is 492 g/mol. The molecular formula is C26H25FN4O3S. The maximum Gasteiger partial charge on any atom is 0.338 e. The van der Waals surface area contributed by atoms with E-state index in [4.69, 9.17) is 4.74 Å². The number of carbonyl (C=O) groups is 2. The van der Waals surface area contributed by atoms with Crippen LogP contribution < -0.4 is 5.32 Å². The molecule has 0 bridgehead atoms. The van der Waals surface area contributed by atoms with E-state index in [1.54, 1.807) is 25.3 Å². The summed E-state index contributed by atoms with van der Waals surface area (Å²) in [5.41, 5.74) is 3.13. The van der Waals surface area contributed by atoms with Crippen LogP contribution in [0, 0.1) is 5.82 Å².